The van der Waals surface area contributed by atoms with Crippen LogP contribution < -0.4 is 0 Å². The van der Waals surface area contributed by atoms with Crippen LogP contribution >= 0.6 is 11.3 Å². The lowest BCUT2D eigenvalue weighted by Crippen LogP contribution is -2.47. The van der Waals surface area contributed by atoms with Crippen LogP contribution in [0.1, 0.15) is 62.8 Å². The van der Waals surface area contributed by atoms with Crippen molar-refractivity contribution in [2.24, 2.45) is 5.92 Å². The van der Waals surface area contributed by atoms with Crippen molar-refractivity contribution in [3.63, 3.8) is 0 Å². The van der Waals surface area contributed by atoms with E-state index in [-0.39, 0.29) is 30.4 Å². The van der Waals surface area contributed by atoms with Gasteiger partial charge in [0.05, 0.1) is 19.2 Å². The van der Waals surface area contributed by atoms with Gasteiger partial charge in [-0.05, 0) is 42.7 Å². The number of amides is 2. The minimum Gasteiger partial charge on any atom is -0.376 e. The molecule has 0 spiro atoms. The SMILES string of the molecule is CCCC[C@H](CC)C(=O)N(CC(=O)N(Cc1ccccc1)Cc1cccs1)C[C@H]1CCCO1. The van der Waals surface area contributed by atoms with Gasteiger partial charge in [0.25, 0.3) is 0 Å². The normalized spacial score (nSPS) is 16.5. The molecular formula is C27H38N2O3S. The van der Waals surface area contributed by atoms with Gasteiger partial charge in [-0.25, -0.2) is 0 Å². The minimum absolute atomic E-state index is 0.0102. The second-order valence-corrected chi connectivity index (χ2v) is 9.95. The van der Waals surface area contributed by atoms with Crippen molar-refractivity contribution in [1.29, 1.82) is 0 Å². The topological polar surface area (TPSA) is 49.9 Å². The first kappa shape index (κ1) is 25.4. The van der Waals surface area contributed by atoms with E-state index >= 15 is 0 Å². The number of benzene rings is 1. The van der Waals surface area contributed by atoms with Gasteiger partial charge in [-0.3, -0.25) is 9.59 Å². The van der Waals surface area contributed by atoms with Gasteiger partial charge in [0, 0.05) is 30.5 Å². The van der Waals surface area contributed by atoms with E-state index in [1.54, 1.807) is 16.2 Å². The third kappa shape index (κ3) is 7.97. The molecule has 0 aliphatic carbocycles. The van der Waals surface area contributed by atoms with Gasteiger partial charge < -0.3 is 14.5 Å². The largest absolute Gasteiger partial charge is 0.376 e. The lowest BCUT2D eigenvalue weighted by atomic mass is 9.97. The Hall–Kier alpha value is -2.18. The number of hydrogen-bond donors (Lipinski definition) is 0. The molecule has 0 N–H and O–H groups in total. The fraction of sp³-hybridized carbons (Fsp3) is 0.556. The van der Waals surface area contributed by atoms with Crippen molar-refractivity contribution >= 4 is 23.2 Å². The number of unbranched alkanes of at least 4 members (excludes halogenated alkanes) is 1. The average Bonchev–Trinajstić information content (AvgIpc) is 3.53. The van der Waals surface area contributed by atoms with Gasteiger partial charge >= 0.3 is 0 Å². The number of thiophene rings is 1. The number of rotatable bonds is 13. The Morgan fingerprint density at radius 3 is 2.55 bits per heavy atom. The number of nitrogens with zero attached hydrogens (tertiary/aromatic N) is 2. The molecule has 2 atom stereocenters. The van der Waals surface area contributed by atoms with Gasteiger partial charge in [0.2, 0.25) is 11.8 Å². The lowest BCUT2D eigenvalue weighted by Gasteiger charge is -2.31. The molecule has 0 saturated carbocycles. The van der Waals surface area contributed by atoms with E-state index in [9.17, 15) is 9.59 Å². The average molecular weight is 471 g/mol. The fourth-order valence-electron chi connectivity index (χ4n) is 4.37. The van der Waals surface area contributed by atoms with Gasteiger partial charge in [-0.1, -0.05) is 63.1 Å². The molecule has 0 unspecified atom stereocenters. The molecule has 0 bridgehead atoms. The van der Waals surface area contributed by atoms with Crippen LogP contribution in [0, 0.1) is 5.92 Å². The summed E-state index contributed by atoms with van der Waals surface area (Å²) in [6.45, 7) is 6.67. The molecule has 1 aromatic heterocycles. The summed E-state index contributed by atoms with van der Waals surface area (Å²) in [5.74, 6) is 0.0635. The molecule has 2 amide bonds. The molecule has 2 aromatic rings. The van der Waals surface area contributed by atoms with Crippen LogP contribution in [0.2, 0.25) is 0 Å². The molecule has 0 radical (unpaired) electrons. The third-order valence-corrected chi connectivity index (χ3v) is 7.19. The van der Waals surface area contributed by atoms with E-state index in [4.69, 9.17) is 4.74 Å². The van der Waals surface area contributed by atoms with E-state index < -0.39 is 0 Å². The van der Waals surface area contributed by atoms with Crippen molar-refractivity contribution in [3.05, 3.63) is 58.3 Å². The van der Waals surface area contributed by atoms with Gasteiger partial charge in [0.1, 0.15) is 0 Å². The van der Waals surface area contributed by atoms with Crippen LogP contribution in [-0.2, 0) is 27.4 Å². The van der Waals surface area contributed by atoms with E-state index in [0.29, 0.717) is 19.6 Å². The second-order valence-electron chi connectivity index (χ2n) is 8.92. The van der Waals surface area contributed by atoms with Crippen molar-refractivity contribution in [3.8, 4) is 0 Å². The number of carbonyl (C=O) groups excluding carboxylic acids is 2. The predicted molar refractivity (Wildman–Crippen MR) is 134 cm³/mol. The van der Waals surface area contributed by atoms with Crippen LogP contribution in [0.3, 0.4) is 0 Å². The molecule has 180 valence electrons. The van der Waals surface area contributed by atoms with Crippen molar-refractivity contribution in [2.75, 3.05) is 19.7 Å². The molecule has 1 aromatic carbocycles. The van der Waals surface area contributed by atoms with E-state index in [0.717, 1.165) is 55.6 Å². The Bertz CT molecular complexity index is 834. The lowest BCUT2D eigenvalue weighted by molar-refractivity contribution is -0.145. The Kier molecular flexibility index (Phi) is 10.4. The molecule has 2 heterocycles. The van der Waals surface area contributed by atoms with E-state index in [1.807, 2.05) is 46.7 Å². The quantitative estimate of drug-likeness (QED) is 0.388. The summed E-state index contributed by atoms with van der Waals surface area (Å²) in [4.78, 5) is 31.9. The molecule has 1 aliphatic heterocycles. The van der Waals surface area contributed by atoms with Crippen LogP contribution in [0.4, 0.5) is 0 Å². The molecule has 3 rings (SSSR count). The Morgan fingerprint density at radius 2 is 1.91 bits per heavy atom. The molecule has 1 fully saturated rings. The van der Waals surface area contributed by atoms with Crippen molar-refractivity contribution < 1.29 is 14.3 Å². The number of carbonyl (C=O) groups is 2. The summed E-state index contributed by atoms with van der Waals surface area (Å²) >= 11 is 1.65. The summed E-state index contributed by atoms with van der Waals surface area (Å²) in [6.07, 6.45) is 5.79. The number of hydrogen-bond acceptors (Lipinski definition) is 4. The zero-order valence-electron chi connectivity index (χ0n) is 20.1. The maximum Gasteiger partial charge on any atom is 0.242 e. The predicted octanol–water partition coefficient (Wildman–Crippen LogP) is 5.50. The van der Waals surface area contributed by atoms with Crippen LogP contribution in [-0.4, -0.2) is 47.4 Å². The van der Waals surface area contributed by atoms with Gasteiger partial charge in [-0.2, -0.15) is 0 Å². The highest BCUT2D eigenvalue weighted by atomic mass is 32.1. The van der Waals surface area contributed by atoms with Crippen LogP contribution in [0.25, 0.3) is 0 Å². The highest BCUT2D eigenvalue weighted by Crippen LogP contribution is 2.21. The second kappa shape index (κ2) is 13.5. The van der Waals surface area contributed by atoms with Crippen LogP contribution in [0.15, 0.2) is 47.8 Å². The zero-order chi connectivity index (χ0) is 23.5. The first-order valence-electron chi connectivity index (χ1n) is 12.3. The highest BCUT2D eigenvalue weighted by molar-refractivity contribution is 7.09. The van der Waals surface area contributed by atoms with E-state index in [1.165, 1.54) is 0 Å². The molecule has 1 aliphatic rings. The number of ether oxygens (including phenoxy) is 1. The first-order valence-corrected chi connectivity index (χ1v) is 13.2. The molecule has 33 heavy (non-hydrogen) atoms. The smallest absolute Gasteiger partial charge is 0.242 e. The van der Waals surface area contributed by atoms with Gasteiger partial charge in [-0.15, -0.1) is 11.3 Å². The van der Waals surface area contributed by atoms with Gasteiger partial charge in [0.15, 0.2) is 0 Å². The van der Waals surface area contributed by atoms with Crippen LogP contribution in [0.5, 0.6) is 0 Å². The molecule has 1 saturated heterocycles. The third-order valence-electron chi connectivity index (χ3n) is 6.33. The Balaban J connectivity index is 1.75. The highest BCUT2D eigenvalue weighted by Gasteiger charge is 2.29. The fourth-order valence-corrected chi connectivity index (χ4v) is 5.09. The molecule has 6 heteroatoms. The maximum atomic E-state index is 13.6. The maximum absolute atomic E-state index is 13.6. The minimum atomic E-state index is -0.0287. The summed E-state index contributed by atoms with van der Waals surface area (Å²) < 4.78 is 5.83. The van der Waals surface area contributed by atoms with Crippen molar-refractivity contribution in [2.45, 2.75) is 71.6 Å². The Morgan fingerprint density at radius 1 is 1.09 bits per heavy atom. The van der Waals surface area contributed by atoms with E-state index in [2.05, 4.69) is 19.9 Å². The zero-order valence-corrected chi connectivity index (χ0v) is 20.9. The first-order chi connectivity index (χ1) is 16.1. The van der Waals surface area contributed by atoms with Crippen molar-refractivity contribution in [1.82, 2.24) is 9.80 Å². The molecule has 5 nitrogen and oxygen atoms in total. The summed E-state index contributed by atoms with van der Waals surface area (Å²) in [5.41, 5.74) is 1.09. The standard InChI is InChI=1S/C27H38N2O3S/c1-3-5-13-23(4-2)27(31)29(19-24-14-9-16-32-24)21-26(30)28(20-25-15-10-17-33-25)18-22-11-7-6-8-12-22/h6-8,10-12,15,17,23-24H,3-5,9,13-14,16,18-21H2,1-2H3/t23-,24+/m0/s1. The molecular weight excluding hydrogens is 432 g/mol. The Labute approximate surface area is 202 Å². The summed E-state index contributed by atoms with van der Waals surface area (Å²) in [5, 5.41) is 2.04. The monoisotopic (exact) mass is 470 g/mol. The summed E-state index contributed by atoms with van der Waals surface area (Å²) in [6, 6.07) is 14.1. The summed E-state index contributed by atoms with van der Waals surface area (Å²) in [7, 11) is 0.